The Morgan fingerprint density at radius 1 is 1.48 bits per heavy atom. The Kier molecular flexibility index (Phi) is 3.69. The normalized spacial score (nSPS) is 11.4. The molecular weight excluding hydrogens is 297 g/mol. The lowest BCUT2D eigenvalue weighted by Gasteiger charge is -2.08. The summed E-state index contributed by atoms with van der Waals surface area (Å²) in [6, 6.07) is 3.44. The molecule has 2 aromatic rings. The predicted octanol–water partition coefficient (Wildman–Crippen LogP) is 0.952. The number of sulfonamides is 1. The second-order valence-electron chi connectivity index (χ2n) is 4.45. The smallest absolute Gasteiger partial charge is 0.280 e. The number of halogens is 1. The number of nitrogens with zero attached hydrogens (tertiary/aromatic N) is 2. The third kappa shape index (κ3) is 3.02. The molecule has 21 heavy (non-hydrogen) atoms. The number of nitrogens with two attached hydrogens (primary N) is 1. The minimum absolute atomic E-state index is 0.102. The highest BCUT2D eigenvalue weighted by atomic mass is 32.2. The van der Waals surface area contributed by atoms with Crippen molar-refractivity contribution >= 4 is 21.5 Å². The molecule has 0 bridgehead atoms. The zero-order chi connectivity index (χ0) is 15.8. The largest absolute Gasteiger partial charge is 0.384 e. The van der Waals surface area contributed by atoms with Gasteiger partial charge in [-0.1, -0.05) is 0 Å². The number of hydrogen-bond donors (Lipinski definition) is 3. The van der Waals surface area contributed by atoms with E-state index in [1.165, 1.54) is 12.3 Å². The number of anilines is 1. The molecule has 0 unspecified atom stereocenters. The van der Waals surface area contributed by atoms with Gasteiger partial charge in [0.25, 0.3) is 10.0 Å². The number of benzene rings is 1. The van der Waals surface area contributed by atoms with E-state index in [1.807, 2.05) is 0 Å². The molecule has 0 saturated carbocycles. The van der Waals surface area contributed by atoms with Crippen molar-refractivity contribution in [1.29, 1.82) is 5.41 Å². The molecule has 1 aromatic heterocycles. The van der Waals surface area contributed by atoms with Crippen LogP contribution in [0.5, 0.6) is 0 Å². The molecule has 2 rings (SSSR count). The van der Waals surface area contributed by atoms with Gasteiger partial charge in [0, 0.05) is 18.9 Å². The van der Waals surface area contributed by atoms with E-state index in [4.69, 9.17) is 11.1 Å². The molecule has 0 fully saturated rings. The van der Waals surface area contributed by atoms with Crippen LogP contribution in [0.1, 0.15) is 11.4 Å². The Bertz CT molecular complexity index is 794. The van der Waals surface area contributed by atoms with E-state index in [2.05, 4.69) is 9.71 Å². The predicted molar refractivity (Wildman–Crippen MR) is 76.2 cm³/mol. The molecule has 0 atom stereocenters. The van der Waals surface area contributed by atoms with Gasteiger partial charge in [0.1, 0.15) is 17.5 Å². The number of hydrogen-bond acceptors (Lipinski definition) is 4. The van der Waals surface area contributed by atoms with Crippen molar-refractivity contribution in [2.75, 3.05) is 4.72 Å². The average Bonchev–Trinajstić information content (AvgIpc) is 2.72. The zero-order valence-electron chi connectivity index (χ0n) is 11.4. The lowest BCUT2D eigenvalue weighted by atomic mass is 10.2. The van der Waals surface area contributed by atoms with Gasteiger partial charge in [-0.3, -0.25) is 10.1 Å². The fraction of sp³-hybridized carbons (Fsp3) is 0.167. The quantitative estimate of drug-likeness (QED) is 0.576. The summed E-state index contributed by atoms with van der Waals surface area (Å²) in [5.41, 5.74) is 5.16. The van der Waals surface area contributed by atoms with Gasteiger partial charge >= 0.3 is 0 Å². The Balaban J connectivity index is 2.37. The summed E-state index contributed by atoms with van der Waals surface area (Å²) in [5.74, 6) is -0.639. The highest BCUT2D eigenvalue weighted by Crippen LogP contribution is 2.18. The fourth-order valence-electron chi connectivity index (χ4n) is 1.66. The number of nitrogens with one attached hydrogen (secondary N) is 2. The number of aromatic nitrogens is 2. The maximum atomic E-state index is 13.4. The van der Waals surface area contributed by atoms with Gasteiger partial charge in [0.05, 0.1) is 5.56 Å². The van der Waals surface area contributed by atoms with Crippen LogP contribution in [-0.2, 0) is 17.1 Å². The summed E-state index contributed by atoms with van der Waals surface area (Å²) < 4.78 is 41.6. The fourth-order valence-corrected chi connectivity index (χ4v) is 2.75. The Morgan fingerprint density at radius 3 is 2.67 bits per heavy atom. The van der Waals surface area contributed by atoms with E-state index < -0.39 is 21.7 Å². The number of amidine groups is 1. The van der Waals surface area contributed by atoms with E-state index in [9.17, 15) is 12.8 Å². The Morgan fingerprint density at radius 2 is 2.14 bits per heavy atom. The van der Waals surface area contributed by atoms with E-state index in [-0.39, 0.29) is 16.3 Å². The molecule has 4 N–H and O–H groups in total. The van der Waals surface area contributed by atoms with Crippen molar-refractivity contribution in [1.82, 2.24) is 9.55 Å². The summed E-state index contributed by atoms with van der Waals surface area (Å²) in [6.45, 7) is 1.67. The molecule has 0 aliphatic carbocycles. The maximum absolute atomic E-state index is 13.4. The van der Waals surface area contributed by atoms with E-state index >= 15 is 0 Å². The molecule has 1 aromatic carbocycles. The Labute approximate surface area is 121 Å². The lowest BCUT2D eigenvalue weighted by molar-refractivity contribution is 0.597. The van der Waals surface area contributed by atoms with Gasteiger partial charge in [-0.05, 0) is 25.1 Å². The highest BCUT2D eigenvalue weighted by molar-refractivity contribution is 7.92. The number of rotatable bonds is 4. The molecular formula is C12H14FN5O2S. The van der Waals surface area contributed by atoms with Gasteiger partial charge in [-0.2, -0.15) is 8.42 Å². The third-order valence-corrected chi connectivity index (χ3v) is 4.12. The van der Waals surface area contributed by atoms with Crippen LogP contribution in [0.2, 0.25) is 0 Å². The number of aryl methyl sites for hydroxylation is 2. The molecule has 0 saturated heterocycles. The minimum atomic E-state index is -3.89. The summed E-state index contributed by atoms with van der Waals surface area (Å²) in [7, 11) is -2.21. The lowest BCUT2D eigenvalue weighted by Crippen LogP contribution is -2.16. The molecule has 1 heterocycles. The van der Waals surface area contributed by atoms with Crippen LogP contribution in [0.3, 0.4) is 0 Å². The minimum Gasteiger partial charge on any atom is -0.384 e. The van der Waals surface area contributed by atoms with Crippen LogP contribution in [0.4, 0.5) is 10.1 Å². The number of nitrogen functional groups attached to an aromatic ring is 1. The van der Waals surface area contributed by atoms with Crippen molar-refractivity contribution in [3.63, 3.8) is 0 Å². The van der Waals surface area contributed by atoms with Crippen LogP contribution in [0.25, 0.3) is 0 Å². The molecule has 0 radical (unpaired) electrons. The van der Waals surface area contributed by atoms with Gasteiger partial charge in [0.15, 0.2) is 5.03 Å². The van der Waals surface area contributed by atoms with Gasteiger partial charge in [-0.15, -0.1) is 0 Å². The molecule has 112 valence electrons. The molecule has 0 aliphatic heterocycles. The van der Waals surface area contributed by atoms with Crippen molar-refractivity contribution < 1.29 is 12.8 Å². The summed E-state index contributed by atoms with van der Waals surface area (Å²) >= 11 is 0. The molecule has 0 aliphatic rings. The number of imidazole rings is 1. The molecule has 0 spiro atoms. The van der Waals surface area contributed by atoms with Crippen LogP contribution in [0.15, 0.2) is 29.4 Å². The van der Waals surface area contributed by atoms with Crippen molar-refractivity contribution in [3.05, 3.63) is 41.6 Å². The van der Waals surface area contributed by atoms with E-state index in [1.54, 1.807) is 18.5 Å². The first-order chi connectivity index (χ1) is 9.70. The maximum Gasteiger partial charge on any atom is 0.280 e. The van der Waals surface area contributed by atoms with E-state index in [0.29, 0.717) is 5.82 Å². The standard InChI is InChI=1S/C12H14FN5O2S/c1-7-16-11(6-18(7)2)21(19,20)17-8-3-4-10(13)9(5-8)12(14)15/h3-6,17H,1-2H3,(H3,14,15). The van der Waals surface area contributed by atoms with Gasteiger partial charge in [0.2, 0.25) is 0 Å². The first-order valence-electron chi connectivity index (χ1n) is 5.87. The van der Waals surface area contributed by atoms with Crippen LogP contribution < -0.4 is 10.5 Å². The van der Waals surface area contributed by atoms with Crippen molar-refractivity contribution in [3.8, 4) is 0 Å². The van der Waals surface area contributed by atoms with Gasteiger partial charge in [-0.25, -0.2) is 9.37 Å². The summed E-state index contributed by atoms with van der Waals surface area (Å²) in [4.78, 5) is 3.92. The van der Waals surface area contributed by atoms with Crippen LogP contribution >= 0.6 is 0 Å². The molecule has 0 amide bonds. The monoisotopic (exact) mass is 311 g/mol. The molecule has 9 heteroatoms. The highest BCUT2D eigenvalue weighted by Gasteiger charge is 2.19. The third-order valence-electron chi connectivity index (χ3n) is 2.87. The Hall–Kier alpha value is -2.42. The summed E-state index contributed by atoms with van der Waals surface area (Å²) in [6.07, 6.45) is 1.37. The average molecular weight is 311 g/mol. The second-order valence-corrected chi connectivity index (χ2v) is 6.08. The zero-order valence-corrected chi connectivity index (χ0v) is 12.2. The van der Waals surface area contributed by atoms with Crippen LogP contribution in [-0.4, -0.2) is 23.8 Å². The first-order valence-corrected chi connectivity index (χ1v) is 7.36. The first kappa shape index (κ1) is 15.0. The topological polar surface area (TPSA) is 114 Å². The second kappa shape index (κ2) is 5.17. The van der Waals surface area contributed by atoms with Crippen LogP contribution in [0, 0.1) is 18.2 Å². The summed E-state index contributed by atoms with van der Waals surface area (Å²) in [5, 5.41) is 7.10. The van der Waals surface area contributed by atoms with E-state index in [0.717, 1.165) is 12.1 Å². The SMILES string of the molecule is Cc1nc(S(=O)(=O)Nc2ccc(F)c(C(=N)N)c2)cn1C. The van der Waals surface area contributed by atoms with Gasteiger partial charge < -0.3 is 10.3 Å². The van der Waals surface area contributed by atoms with Crippen molar-refractivity contribution in [2.24, 2.45) is 12.8 Å². The molecule has 7 nitrogen and oxygen atoms in total. The van der Waals surface area contributed by atoms with Crippen molar-refractivity contribution in [2.45, 2.75) is 11.9 Å².